The number of nitrogens with one attached hydrogen (secondary N) is 1. The summed E-state index contributed by atoms with van der Waals surface area (Å²) in [5.74, 6) is 3.56. The lowest BCUT2D eigenvalue weighted by molar-refractivity contribution is 0.916. The Balaban J connectivity index is 1.46. The van der Waals surface area contributed by atoms with Crippen LogP contribution in [0, 0.1) is 6.92 Å². The van der Waals surface area contributed by atoms with Gasteiger partial charge in [0.05, 0.1) is 0 Å². The zero-order chi connectivity index (χ0) is 17.1. The molecule has 0 spiro atoms. The van der Waals surface area contributed by atoms with Gasteiger partial charge in [0.15, 0.2) is 0 Å². The monoisotopic (exact) mass is 335 g/mol. The van der Waals surface area contributed by atoms with Gasteiger partial charge >= 0.3 is 0 Å². The molecule has 0 atom stereocenters. The highest BCUT2D eigenvalue weighted by Crippen LogP contribution is 2.19. The Kier molecular flexibility index (Phi) is 4.28. The molecule has 128 valence electrons. The van der Waals surface area contributed by atoms with Gasteiger partial charge in [-0.15, -0.1) is 0 Å². The van der Waals surface area contributed by atoms with Crippen molar-refractivity contribution in [3.05, 3.63) is 54.5 Å². The van der Waals surface area contributed by atoms with Crippen molar-refractivity contribution in [3.63, 3.8) is 0 Å². The van der Waals surface area contributed by atoms with Crippen molar-refractivity contribution < 1.29 is 0 Å². The van der Waals surface area contributed by atoms with Crippen LogP contribution < -0.4 is 10.2 Å². The predicted molar refractivity (Wildman–Crippen MR) is 96.9 cm³/mol. The van der Waals surface area contributed by atoms with Crippen molar-refractivity contribution in [2.45, 2.75) is 26.3 Å². The second-order valence-electron chi connectivity index (χ2n) is 6.18. The average Bonchev–Trinajstić information content (AvgIpc) is 3.32. The fraction of sp³-hybridized carbons (Fsp3) is 0.333. The maximum Gasteiger partial charge on any atom is 0.143 e. The Morgan fingerprint density at radius 3 is 2.68 bits per heavy atom. The van der Waals surface area contributed by atoms with Crippen LogP contribution in [-0.4, -0.2) is 37.6 Å². The van der Waals surface area contributed by atoms with Gasteiger partial charge in [0.25, 0.3) is 0 Å². The summed E-state index contributed by atoms with van der Waals surface area (Å²) in [4.78, 5) is 19.7. The first kappa shape index (κ1) is 15.6. The van der Waals surface area contributed by atoms with E-state index in [0.29, 0.717) is 6.54 Å². The average molecular weight is 335 g/mol. The molecule has 0 amide bonds. The van der Waals surface area contributed by atoms with Gasteiger partial charge in [-0.05, 0) is 37.5 Å². The molecule has 4 rings (SSSR count). The van der Waals surface area contributed by atoms with E-state index in [1.807, 2.05) is 36.0 Å². The number of hydrogen-bond donors (Lipinski definition) is 1. The number of aryl methyl sites for hydroxylation is 1. The van der Waals surface area contributed by atoms with E-state index in [-0.39, 0.29) is 0 Å². The SMILES string of the molecule is Cc1nccn1-c1cc(NCc2ccnc(N3CCCC3)c2)ncn1. The van der Waals surface area contributed by atoms with Crippen molar-refractivity contribution in [1.82, 2.24) is 24.5 Å². The molecular formula is C18H21N7. The summed E-state index contributed by atoms with van der Waals surface area (Å²) in [5, 5.41) is 3.37. The molecule has 1 saturated heterocycles. The number of hydrogen-bond acceptors (Lipinski definition) is 6. The highest BCUT2D eigenvalue weighted by Gasteiger charge is 2.13. The van der Waals surface area contributed by atoms with Crippen LogP contribution in [0.2, 0.25) is 0 Å². The second kappa shape index (κ2) is 6.88. The lowest BCUT2D eigenvalue weighted by Crippen LogP contribution is -2.19. The molecular weight excluding hydrogens is 314 g/mol. The van der Waals surface area contributed by atoms with Crippen LogP contribution in [0.1, 0.15) is 24.2 Å². The third kappa shape index (κ3) is 3.45. The fourth-order valence-electron chi connectivity index (χ4n) is 3.08. The highest BCUT2D eigenvalue weighted by molar-refractivity contribution is 5.45. The van der Waals surface area contributed by atoms with Gasteiger partial charge in [-0.2, -0.15) is 0 Å². The standard InChI is InChI=1S/C18H21N7/c1-14-19-6-9-25(14)18-11-16(22-13-23-18)21-12-15-4-5-20-17(10-15)24-7-2-3-8-24/h4-6,9-11,13H,2-3,7-8,12H2,1H3,(H,21,22,23). The smallest absolute Gasteiger partial charge is 0.143 e. The molecule has 0 aliphatic carbocycles. The molecule has 1 fully saturated rings. The molecule has 1 aliphatic rings. The molecule has 1 N–H and O–H groups in total. The van der Waals surface area contributed by atoms with E-state index in [2.05, 4.69) is 36.2 Å². The molecule has 0 bridgehead atoms. The number of imidazole rings is 1. The number of rotatable bonds is 5. The van der Waals surface area contributed by atoms with Gasteiger partial charge in [-0.1, -0.05) is 0 Å². The summed E-state index contributed by atoms with van der Waals surface area (Å²) in [7, 11) is 0. The van der Waals surface area contributed by atoms with E-state index < -0.39 is 0 Å². The van der Waals surface area contributed by atoms with E-state index in [4.69, 9.17) is 0 Å². The van der Waals surface area contributed by atoms with Crippen LogP contribution in [0.4, 0.5) is 11.6 Å². The maximum absolute atomic E-state index is 4.50. The molecule has 0 aromatic carbocycles. The number of aromatic nitrogens is 5. The van der Waals surface area contributed by atoms with Gasteiger partial charge in [0, 0.05) is 44.3 Å². The third-order valence-electron chi connectivity index (χ3n) is 4.44. The Bertz CT molecular complexity index is 852. The molecule has 7 nitrogen and oxygen atoms in total. The maximum atomic E-state index is 4.50. The van der Waals surface area contributed by atoms with Gasteiger partial charge in [0.2, 0.25) is 0 Å². The predicted octanol–water partition coefficient (Wildman–Crippen LogP) is 2.58. The first-order valence-corrected chi connectivity index (χ1v) is 8.56. The van der Waals surface area contributed by atoms with Crippen LogP contribution >= 0.6 is 0 Å². The summed E-state index contributed by atoms with van der Waals surface area (Å²) in [6, 6.07) is 6.12. The molecule has 25 heavy (non-hydrogen) atoms. The van der Waals surface area contributed by atoms with Crippen LogP contribution in [0.15, 0.2) is 43.1 Å². The summed E-state index contributed by atoms with van der Waals surface area (Å²) in [6.45, 7) is 4.85. The topological polar surface area (TPSA) is 71.8 Å². The first-order valence-electron chi connectivity index (χ1n) is 8.56. The molecule has 1 aliphatic heterocycles. The first-order chi connectivity index (χ1) is 12.3. The summed E-state index contributed by atoms with van der Waals surface area (Å²) in [5.41, 5.74) is 1.19. The summed E-state index contributed by atoms with van der Waals surface area (Å²) < 4.78 is 1.94. The summed E-state index contributed by atoms with van der Waals surface area (Å²) >= 11 is 0. The summed E-state index contributed by atoms with van der Waals surface area (Å²) in [6.07, 6.45) is 9.61. The molecule has 7 heteroatoms. The quantitative estimate of drug-likeness (QED) is 0.773. The Labute approximate surface area is 146 Å². The molecule has 4 heterocycles. The van der Waals surface area contributed by atoms with E-state index in [1.165, 1.54) is 18.4 Å². The van der Waals surface area contributed by atoms with Crippen molar-refractivity contribution in [1.29, 1.82) is 0 Å². The molecule has 0 saturated carbocycles. The Hall–Kier alpha value is -2.96. The lowest BCUT2D eigenvalue weighted by Gasteiger charge is -2.17. The fourth-order valence-corrected chi connectivity index (χ4v) is 3.08. The van der Waals surface area contributed by atoms with E-state index >= 15 is 0 Å². The van der Waals surface area contributed by atoms with Gasteiger partial charge in [-0.3, -0.25) is 4.57 Å². The van der Waals surface area contributed by atoms with E-state index in [1.54, 1.807) is 12.5 Å². The lowest BCUT2D eigenvalue weighted by atomic mass is 10.2. The van der Waals surface area contributed by atoms with Crippen LogP contribution in [0.5, 0.6) is 0 Å². The van der Waals surface area contributed by atoms with E-state index in [0.717, 1.165) is 36.4 Å². The highest BCUT2D eigenvalue weighted by atomic mass is 15.2. The number of nitrogens with zero attached hydrogens (tertiary/aromatic N) is 6. The molecule has 3 aromatic heterocycles. The zero-order valence-corrected chi connectivity index (χ0v) is 14.3. The zero-order valence-electron chi connectivity index (χ0n) is 14.3. The Morgan fingerprint density at radius 1 is 1.00 bits per heavy atom. The third-order valence-corrected chi connectivity index (χ3v) is 4.44. The minimum Gasteiger partial charge on any atom is -0.366 e. The number of anilines is 2. The minimum absolute atomic E-state index is 0.697. The largest absolute Gasteiger partial charge is 0.366 e. The van der Waals surface area contributed by atoms with Crippen molar-refractivity contribution >= 4 is 11.6 Å². The Morgan fingerprint density at radius 2 is 1.88 bits per heavy atom. The van der Waals surface area contributed by atoms with Crippen molar-refractivity contribution in [3.8, 4) is 5.82 Å². The molecule has 3 aromatic rings. The van der Waals surface area contributed by atoms with Gasteiger partial charge < -0.3 is 10.2 Å². The van der Waals surface area contributed by atoms with Gasteiger partial charge in [0.1, 0.15) is 29.6 Å². The van der Waals surface area contributed by atoms with E-state index in [9.17, 15) is 0 Å². The van der Waals surface area contributed by atoms with Crippen molar-refractivity contribution in [2.75, 3.05) is 23.3 Å². The normalized spacial score (nSPS) is 14.0. The van der Waals surface area contributed by atoms with Crippen LogP contribution in [0.25, 0.3) is 5.82 Å². The van der Waals surface area contributed by atoms with Crippen LogP contribution in [0.3, 0.4) is 0 Å². The number of pyridine rings is 1. The van der Waals surface area contributed by atoms with Crippen LogP contribution in [-0.2, 0) is 6.54 Å². The second-order valence-corrected chi connectivity index (χ2v) is 6.18. The molecule has 0 unspecified atom stereocenters. The molecule has 0 radical (unpaired) electrons. The van der Waals surface area contributed by atoms with Gasteiger partial charge in [-0.25, -0.2) is 19.9 Å². The van der Waals surface area contributed by atoms with Crippen molar-refractivity contribution in [2.24, 2.45) is 0 Å². The minimum atomic E-state index is 0.697.